The number of piperidine rings is 1. The molecular weight excluding hydrogens is 286 g/mol. The number of alkyl halides is 2. The molecule has 0 spiro atoms. The summed E-state index contributed by atoms with van der Waals surface area (Å²) in [5.41, 5.74) is 0. The fourth-order valence-corrected chi connectivity index (χ4v) is 3.03. The number of amides is 1. The Morgan fingerprint density at radius 1 is 1.45 bits per heavy atom. The number of anilines is 1. The molecule has 8 heteroatoms. The van der Waals surface area contributed by atoms with Gasteiger partial charge in [0.15, 0.2) is 5.01 Å². The van der Waals surface area contributed by atoms with Crippen molar-refractivity contribution in [3.63, 3.8) is 0 Å². The summed E-state index contributed by atoms with van der Waals surface area (Å²) in [6.07, 6.45) is -0.119. The molecule has 1 aromatic rings. The Labute approximate surface area is 120 Å². The van der Waals surface area contributed by atoms with E-state index in [1.165, 1.54) is 0 Å². The Balaban J connectivity index is 1.81. The Morgan fingerprint density at radius 2 is 2.15 bits per heavy atom. The molecule has 1 amide bonds. The number of carbonyl (C=O) groups excluding carboxylic acids is 1. The summed E-state index contributed by atoms with van der Waals surface area (Å²) in [5, 5.41) is 12.5. The highest BCUT2D eigenvalue weighted by Gasteiger charge is 2.23. The highest BCUT2D eigenvalue weighted by Crippen LogP contribution is 2.27. The smallest absolute Gasteiger partial charge is 0.291 e. The minimum absolute atomic E-state index is 0.141. The molecule has 0 radical (unpaired) electrons. The van der Waals surface area contributed by atoms with Crippen molar-refractivity contribution in [2.24, 2.45) is 11.8 Å². The van der Waals surface area contributed by atoms with Crippen molar-refractivity contribution in [3.8, 4) is 0 Å². The van der Waals surface area contributed by atoms with Crippen LogP contribution in [-0.4, -0.2) is 29.2 Å². The lowest BCUT2D eigenvalue weighted by Crippen LogP contribution is -2.32. The normalized spacial score (nSPS) is 18.2. The van der Waals surface area contributed by atoms with E-state index in [4.69, 9.17) is 0 Å². The number of halogens is 2. The fourth-order valence-electron chi connectivity index (χ4n) is 2.42. The molecule has 1 atom stereocenters. The lowest BCUT2D eigenvalue weighted by molar-refractivity contribution is -0.117. The van der Waals surface area contributed by atoms with Crippen LogP contribution >= 0.6 is 11.3 Å². The van der Waals surface area contributed by atoms with Crippen LogP contribution in [0.2, 0.25) is 0 Å². The molecule has 0 bridgehead atoms. The second-order valence-corrected chi connectivity index (χ2v) is 6.07. The van der Waals surface area contributed by atoms with Gasteiger partial charge in [-0.05, 0) is 37.8 Å². The lowest BCUT2D eigenvalue weighted by Gasteiger charge is -2.27. The topological polar surface area (TPSA) is 66.9 Å². The quantitative estimate of drug-likeness (QED) is 0.877. The molecule has 2 N–H and O–H groups in total. The van der Waals surface area contributed by atoms with Crippen LogP contribution in [0.5, 0.6) is 0 Å². The average molecular weight is 304 g/mol. The minimum atomic E-state index is -2.65. The number of nitrogens with one attached hydrogen (secondary N) is 2. The first kappa shape index (κ1) is 15.2. The summed E-state index contributed by atoms with van der Waals surface area (Å²) in [7, 11) is 0. The molecule has 1 aliphatic heterocycles. The standard InChI is InChI=1S/C12H18F2N4OS/c1-7(8-2-4-15-5-3-8)6-9(19)16-12-18-17-11(20-12)10(13)14/h7-8,10,15H,2-6H2,1H3,(H,16,18,19). The summed E-state index contributed by atoms with van der Waals surface area (Å²) in [5.74, 6) is 0.626. The number of aromatic nitrogens is 2. The highest BCUT2D eigenvalue weighted by atomic mass is 32.1. The molecule has 1 aliphatic rings. The average Bonchev–Trinajstić information content (AvgIpc) is 2.88. The van der Waals surface area contributed by atoms with Crippen LogP contribution in [0.25, 0.3) is 0 Å². The van der Waals surface area contributed by atoms with Crippen molar-refractivity contribution >= 4 is 22.4 Å². The molecule has 0 aliphatic carbocycles. The Morgan fingerprint density at radius 3 is 2.75 bits per heavy atom. The van der Waals surface area contributed by atoms with Gasteiger partial charge in [0.05, 0.1) is 0 Å². The van der Waals surface area contributed by atoms with Gasteiger partial charge in [0.2, 0.25) is 11.0 Å². The molecule has 1 aromatic heterocycles. The van der Waals surface area contributed by atoms with E-state index in [9.17, 15) is 13.6 Å². The second-order valence-electron chi connectivity index (χ2n) is 5.06. The van der Waals surface area contributed by atoms with Crippen LogP contribution in [0.4, 0.5) is 13.9 Å². The zero-order valence-corrected chi connectivity index (χ0v) is 12.1. The van der Waals surface area contributed by atoms with Gasteiger partial charge in [-0.3, -0.25) is 4.79 Å². The Kier molecular flexibility index (Phi) is 5.36. The van der Waals surface area contributed by atoms with Crippen LogP contribution in [0, 0.1) is 11.8 Å². The first-order valence-electron chi connectivity index (χ1n) is 6.68. The van der Waals surface area contributed by atoms with E-state index in [0.29, 0.717) is 12.3 Å². The van der Waals surface area contributed by atoms with Crippen molar-refractivity contribution in [2.45, 2.75) is 32.6 Å². The lowest BCUT2D eigenvalue weighted by atomic mass is 9.84. The molecule has 2 heterocycles. The zero-order valence-electron chi connectivity index (χ0n) is 11.2. The van der Waals surface area contributed by atoms with Gasteiger partial charge in [-0.25, -0.2) is 8.78 Å². The third kappa shape index (κ3) is 4.17. The third-order valence-electron chi connectivity index (χ3n) is 3.57. The molecule has 20 heavy (non-hydrogen) atoms. The predicted octanol–water partition coefficient (Wildman–Crippen LogP) is 2.44. The molecule has 5 nitrogen and oxygen atoms in total. The summed E-state index contributed by atoms with van der Waals surface area (Å²) in [6, 6.07) is 0. The molecule has 2 rings (SSSR count). The van der Waals surface area contributed by atoms with Gasteiger partial charge in [0.1, 0.15) is 0 Å². The number of nitrogens with zero attached hydrogens (tertiary/aromatic N) is 2. The molecular formula is C12H18F2N4OS. The van der Waals surface area contributed by atoms with Crippen LogP contribution in [0.15, 0.2) is 0 Å². The van der Waals surface area contributed by atoms with Crippen molar-refractivity contribution in [2.75, 3.05) is 18.4 Å². The van der Waals surface area contributed by atoms with Crippen molar-refractivity contribution in [1.29, 1.82) is 0 Å². The fraction of sp³-hybridized carbons (Fsp3) is 0.750. The number of hydrogen-bond acceptors (Lipinski definition) is 5. The predicted molar refractivity (Wildman–Crippen MR) is 72.9 cm³/mol. The molecule has 0 aromatic carbocycles. The maximum absolute atomic E-state index is 12.4. The molecule has 0 saturated carbocycles. The first-order valence-corrected chi connectivity index (χ1v) is 7.50. The molecule has 1 unspecified atom stereocenters. The van der Waals surface area contributed by atoms with E-state index in [-0.39, 0.29) is 22.0 Å². The van der Waals surface area contributed by atoms with Crippen LogP contribution in [0.1, 0.15) is 37.6 Å². The first-order chi connectivity index (χ1) is 9.56. The number of carbonyl (C=O) groups is 1. The van der Waals surface area contributed by atoms with Gasteiger partial charge in [-0.2, -0.15) is 0 Å². The van der Waals surface area contributed by atoms with Gasteiger partial charge in [0, 0.05) is 6.42 Å². The second kappa shape index (κ2) is 7.03. The van der Waals surface area contributed by atoms with Crippen molar-refractivity contribution in [3.05, 3.63) is 5.01 Å². The van der Waals surface area contributed by atoms with E-state index in [1.807, 2.05) is 0 Å². The van der Waals surface area contributed by atoms with E-state index < -0.39 is 6.43 Å². The van der Waals surface area contributed by atoms with Gasteiger partial charge in [-0.15, -0.1) is 10.2 Å². The minimum Gasteiger partial charge on any atom is -0.317 e. The summed E-state index contributed by atoms with van der Waals surface area (Å²) >= 11 is 0.718. The van der Waals surface area contributed by atoms with Gasteiger partial charge in [-0.1, -0.05) is 18.3 Å². The third-order valence-corrected chi connectivity index (χ3v) is 4.42. The molecule has 112 valence electrons. The van der Waals surface area contributed by atoms with Gasteiger partial charge < -0.3 is 10.6 Å². The van der Waals surface area contributed by atoms with E-state index in [2.05, 4.69) is 27.8 Å². The van der Waals surface area contributed by atoms with Crippen molar-refractivity contribution < 1.29 is 13.6 Å². The highest BCUT2D eigenvalue weighted by molar-refractivity contribution is 7.15. The largest absolute Gasteiger partial charge is 0.317 e. The SMILES string of the molecule is CC(CC(=O)Nc1nnc(C(F)F)s1)C1CCNCC1. The van der Waals surface area contributed by atoms with Crippen molar-refractivity contribution in [1.82, 2.24) is 15.5 Å². The maximum Gasteiger partial charge on any atom is 0.291 e. The van der Waals surface area contributed by atoms with E-state index in [1.54, 1.807) is 0 Å². The molecule has 1 saturated heterocycles. The number of rotatable bonds is 5. The monoisotopic (exact) mass is 304 g/mol. The van der Waals surface area contributed by atoms with Crippen LogP contribution in [0.3, 0.4) is 0 Å². The molecule has 1 fully saturated rings. The van der Waals surface area contributed by atoms with Gasteiger partial charge >= 0.3 is 0 Å². The van der Waals surface area contributed by atoms with Gasteiger partial charge in [0.25, 0.3) is 6.43 Å². The van der Waals surface area contributed by atoms with E-state index in [0.717, 1.165) is 37.3 Å². The Bertz CT molecular complexity index is 448. The van der Waals surface area contributed by atoms with Crippen LogP contribution < -0.4 is 10.6 Å². The van der Waals surface area contributed by atoms with Crippen LogP contribution in [-0.2, 0) is 4.79 Å². The maximum atomic E-state index is 12.4. The summed E-state index contributed by atoms with van der Waals surface area (Å²) < 4.78 is 24.7. The summed E-state index contributed by atoms with van der Waals surface area (Å²) in [6.45, 7) is 4.04. The summed E-state index contributed by atoms with van der Waals surface area (Å²) in [4.78, 5) is 11.9. The Hall–Kier alpha value is -1.15. The number of hydrogen-bond donors (Lipinski definition) is 2. The zero-order chi connectivity index (χ0) is 14.5. The van der Waals surface area contributed by atoms with E-state index >= 15 is 0 Å².